The van der Waals surface area contributed by atoms with Crippen LogP contribution in [0.2, 0.25) is 0 Å². The van der Waals surface area contributed by atoms with Crippen LogP contribution in [0.1, 0.15) is 32.1 Å². The van der Waals surface area contributed by atoms with Crippen LogP contribution in [0.5, 0.6) is 0 Å². The van der Waals surface area contributed by atoms with Crippen molar-refractivity contribution in [3.63, 3.8) is 0 Å². The van der Waals surface area contributed by atoms with Crippen LogP contribution < -0.4 is 0 Å². The zero-order chi connectivity index (χ0) is 11.6. The molecule has 16 heavy (non-hydrogen) atoms. The molecule has 1 saturated carbocycles. The summed E-state index contributed by atoms with van der Waals surface area (Å²) in [5.41, 5.74) is -1.13. The minimum Gasteiger partial charge on any atom is -0.396 e. The molecule has 1 aliphatic heterocycles. The Hall–Kier alpha value is -0.160. The van der Waals surface area contributed by atoms with Gasteiger partial charge in [-0.25, -0.2) is 0 Å². The Labute approximate surface area is 96.6 Å². The second kappa shape index (κ2) is 4.61. The molecule has 1 aliphatic carbocycles. The molecule has 0 aromatic carbocycles. The van der Waals surface area contributed by atoms with Crippen molar-refractivity contribution in [2.24, 2.45) is 5.41 Å². The molecule has 0 amide bonds. The van der Waals surface area contributed by atoms with E-state index in [2.05, 4.69) is 0 Å². The smallest absolute Gasteiger partial charge is 0.0750 e. The van der Waals surface area contributed by atoms with Crippen molar-refractivity contribution in [1.82, 2.24) is 0 Å². The zero-order valence-corrected chi connectivity index (χ0v) is 9.95. The molecule has 4 heteroatoms. The SMILES string of the molecule is COC1CC(CO)(C2(O)CCCOCC2)C1. The molecule has 0 aromatic rings. The fraction of sp³-hybridized carbons (Fsp3) is 1.00. The minimum absolute atomic E-state index is 0.0450. The Morgan fingerprint density at radius 2 is 2.06 bits per heavy atom. The summed E-state index contributed by atoms with van der Waals surface area (Å²) in [5, 5.41) is 20.3. The normalized spacial score (nSPS) is 44.8. The van der Waals surface area contributed by atoms with Crippen LogP contribution in [0.15, 0.2) is 0 Å². The molecule has 1 saturated heterocycles. The number of rotatable bonds is 3. The molecule has 0 aromatic heterocycles. The Balaban J connectivity index is 2.07. The third-order valence-electron chi connectivity index (χ3n) is 4.40. The summed E-state index contributed by atoms with van der Waals surface area (Å²) in [6.45, 7) is 1.36. The maximum Gasteiger partial charge on any atom is 0.0750 e. The Kier molecular flexibility index (Phi) is 3.54. The first-order valence-corrected chi connectivity index (χ1v) is 6.10. The third-order valence-corrected chi connectivity index (χ3v) is 4.40. The minimum atomic E-state index is -0.771. The van der Waals surface area contributed by atoms with E-state index in [1.807, 2.05) is 0 Å². The Morgan fingerprint density at radius 1 is 1.31 bits per heavy atom. The van der Waals surface area contributed by atoms with Crippen molar-refractivity contribution in [2.45, 2.75) is 43.8 Å². The van der Waals surface area contributed by atoms with Gasteiger partial charge < -0.3 is 19.7 Å². The standard InChI is InChI=1S/C12H22O4/c1-15-10-7-11(8-10,9-13)12(14)3-2-5-16-6-4-12/h10,13-14H,2-9H2,1H3. The van der Waals surface area contributed by atoms with Crippen molar-refractivity contribution >= 4 is 0 Å². The van der Waals surface area contributed by atoms with Gasteiger partial charge in [0.05, 0.1) is 18.3 Å². The molecule has 0 bridgehead atoms. The van der Waals surface area contributed by atoms with Gasteiger partial charge in [0.15, 0.2) is 0 Å². The third kappa shape index (κ3) is 1.88. The summed E-state index contributed by atoms with van der Waals surface area (Å²) in [4.78, 5) is 0. The van der Waals surface area contributed by atoms with Crippen LogP contribution in [-0.2, 0) is 9.47 Å². The molecule has 4 nitrogen and oxygen atoms in total. The lowest BCUT2D eigenvalue weighted by atomic mass is 9.55. The van der Waals surface area contributed by atoms with Gasteiger partial charge >= 0.3 is 0 Å². The number of methoxy groups -OCH3 is 1. The maximum atomic E-state index is 10.7. The van der Waals surface area contributed by atoms with Gasteiger partial charge in [-0.3, -0.25) is 0 Å². The van der Waals surface area contributed by atoms with E-state index in [0.717, 1.165) is 32.3 Å². The highest BCUT2D eigenvalue weighted by Crippen LogP contribution is 2.53. The molecule has 1 atom stereocenters. The number of hydrogen-bond acceptors (Lipinski definition) is 4. The molecule has 1 heterocycles. The van der Waals surface area contributed by atoms with Gasteiger partial charge in [0.1, 0.15) is 0 Å². The van der Waals surface area contributed by atoms with Gasteiger partial charge in [-0.1, -0.05) is 0 Å². The Morgan fingerprint density at radius 3 is 2.69 bits per heavy atom. The molecular formula is C12H22O4. The van der Waals surface area contributed by atoms with Crippen LogP contribution >= 0.6 is 0 Å². The van der Waals surface area contributed by atoms with Crippen LogP contribution in [0.4, 0.5) is 0 Å². The van der Waals surface area contributed by atoms with E-state index in [1.54, 1.807) is 7.11 Å². The number of ether oxygens (including phenoxy) is 2. The molecule has 2 fully saturated rings. The summed E-state index contributed by atoms with van der Waals surface area (Å²) >= 11 is 0. The average Bonchev–Trinajstić information content (AvgIpc) is 2.44. The number of aliphatic hydroxyl groups excluding tert-OH is 1. The van der Waals surface area contributed by atoms with E-state index in [9.17, 15) is 10.2 Å². The predicted molar refractivity (Wildman–Crippen MR) is 59.2 cm³/mol. The number of aliphatic hydroxyl groups is 2. The fourth-order valence-corrected chi connectivity index (χ4v) is 3.10. The van der Waals surface area contributed by atoms with Crippen LogP contribution in [0, 0.1) is 5.41 Å². The molecule has 2 aliphatic rings. The molecular weight excluding hydrogens is 208 g/mol. The second-order valence-electron chi connectivity index (χ2n) is 5.20. The summed E-state index contributed by atoms with van der Waals surface area (Å²) in [7, 11) is 1.69. The summed E-state index contributed by atoms with van der Waals surface area (Å²) in [6, 6.07) is 0. The van der Waals surface area contributed by atoms with E-state index < -0.39 is 5.60 Å². The Bertz CT molecular complexity index is 227. The molecule has 94 valence electrons. The van der Waals surface area contributed by atoms with Crippen molar-refractivity contribution in [2.75, 3.05) is 26.9 Å². The lowest BCUT2D eigenvalue weighted by Crippen LogP contribution is -2.60. The van der Waals surface area contributed by atoms with E-state index in [0.29, 0.717) is 13.0 Å². The van der Waals surface area contributed by atoms with Gasteiger partial charge in [-0.05, 0) is 25.7 Å². The fourth-order valence-electron chi connectivity index (χ4n) is 3.10. The van der Waals surface area contributed by atoms with Gasteiger partial charge in [-0.15, -0.1) is 0 Å². The largest absolute Gasteiger partial charge is 0.396 e. The van der Waals surface area contributed by atoms with Crippen LogP contribution in [-0.4, -0.2) is 48.8 Å². The quantitative estimate of drug-likeness (QED) is 0.749. The van der Waals surface area contributed by atoms with Crippen molar-refractivity contribution in [1.29, 1.82) is 0 Å². The molecule has 2 rings (SSSR count). The lowest BCUT2D eigenvalue weighted by Gasteiger charge is -2.55. The number of hydrogen-bond donors (Lipinski definition) is 2. The first-order valence-electron chi connectivity index (χ1n) is 6.10. The highest BCUT2D eigenvalue weighted by atomic mass is 16.5. The average molecular weight is 230 g/mol. The van der Waals surface area contributed by atoms with E-state index >= 15 is 0 Å². The first-order chi connectivity index (χ1) is 7.66. The van der Waals surface area contributed by atoms with Crippen molar-refractivity contribution < 1.29 is 19.7 Å². The topological polar surface area (TPSA) is 58.9 Å². The van der Waals surface area contributed by atoms with Crippen molar-refractivity contribution in [3.8, 4) is 0 Å². The van der Waals surface area contributed by atoms with E-state index in [-0.39, 0.29) is 18.1 Å². The maximum absolute atomic E-state index is 10.7. The predicted octanol–water partition coefficient (Wildman–Crippen LogP) is 0.705. The van der Waals surface area contributed by atoms with Crippen LogP contribution in [0.3, 0.4) is 0 Å². The van der Waals surface area contributed by atoms with Gasteiger partial charge in [0.2, 0.25) is 0 Å². The van der Waals surface area contributed by atoms with Gasteiger partial charge in [0, 0.05) is 32.2 Å². The second-order valence-corrected chi connectivity index (χ2v) is 5.20. The van der Waals surface area contributed by atoms with E-state index in [4.69, 9.17) is 9.47 Å². The van der Waals surface area contributed by atoms with Crippen molar-refractivity contribution in [3.05, 3.63) is 0 Å². The molecule has 1 unspecified atom stereocenters. The van der Waals surface area contributed by atoms with E-state index in [1.165, 1.54) is 0 Å². The van der Waals surface area contributed by atoms with Gasteiger partial charge in [-0.2, -0.15) is 0 Å². The summed E-state index contributed by atoms with van der Waals surface area (Å²) in [6.07, 6.45) is 3.94. The summed E-state index contributed by atoms with van der Waals surface area (Å²) < 4.78 is 10.6. The molecule has 0 radical (unpaired) electrons. The zero-order valence-electron chi connectivity index (χ0n) is 9.95. The van der Waals surface area contributed by atoms with Gasteiger partial charge in [0.25, 0.3) is 0 Å². The lowest BCUT2D eigenvalue weighted by molar-refractivity contribution is -0.203. The molecule has 0 spiro atoms. The van der Waals surface area contributed by atoms with Crippen LogP contribution in [0.25, 0.3) is 0 Å². The summed E-state index contributed by atoms with van der Waals surface area (Å²) in [5.74, 6) is 0. The highest BCUT2D eigenvalue weighted by Gasteiger charge is 2.57. The molecule has 2 N–H and O–H groups in total. The highest BCUT2D eigenvalue weighted by molar-refractivity contribution is 5.07. The monoisotopic (exact) mass is 230 g/mol. The first kappa shape index (κ1) is 12.3.